The Morgan fingerprint density at radius 3 is 0.713 bits per heavy atom. The number of hydrogen-bond acceptors (Lipinski definition) is 4. The molecule has 516 valence electrons. The van der Waals surface area contributed by atoms with E-state index in [2.05, 4.69) is 0 Å². The van der Waals surface area contributed by atoms with Crippen molar-refractivity contribution in [1.29, 1.82) is 0 Å². The quantitative estimate of drug-likeness (QED) is 0.0893. The first-order valence-corrected chi connectivity index (χ1v) is 35.2. The molecule has 20 aromatic rings. The van der Waals surface area contributed by atoms with Crippen molar-refractivity contribution in [3.63, 3.8) is 0 Å². The second-order valence-electron chi connectivity index (χ2n) is 27.0. The summed E-state index contributed by atoms with van der Waals surface area (Å²) < 4.78 is 121. The van der Waals surface area contributed by atoms with Crippen LogP contribution in [-0.4, -0.2) is 0 Å². The minimum atomic E-state index is -0.692. The van der Waals surface area contributed by atoms with E-state index in [1.807, 2.05) is 287 Å². The molecule has 12 heteroatoms. The molecule has 0 atom stereocenters. The lowest BCUT2D eigenvalue weighted by Crippen LogP contribution is -2.14. The second-order valence-corrected chi connectivity index (χ2v) is 27.0. The summed E-state index contributed by atoms with van der Waals surface area (Å²) in [7, 11) is 0. The van der Waals surface area contributed by atoms with Crippen LogP contribution in [0.2, 0.25) is 0 Å². The lowest BCUT2D eigenvalue weighted by atomic mass is 9.91. The van der Waals surface area contributed by atoms with Crippen LogP contribution >= 0.6 is 0 Å². The molecular formula is C96H56F8N4. The van der Waals surface area contributed by atoms with Crippen molar-refractivity contribution in [2.75, 3.05) is 19.6 Å². The second kappa shape index (κ2) is 26.1. The summed E-state index contributed by atoms with van der Waals surface area (Å²) in [6, 6.07) is 102. The van der Waals surface area contributed by atoms with E-state index < -0.39 is 46.5 Å². The van der Waals surface area contributed by atoms with Crippen molar-refractivity contribution in [2.45, 2.75) is 0 Å². The van der Waals surface area contributed by atoms with Gasteiger partial charge in [0.15, 0.2) is 0 Å². The number of halogens is 8. The van der Waals surface area contributed by atoms with E-state index in [1.165, 1.54) is 48.5 Å². The van der Waals surface area contributed by atoms with Gasteiger partial charge in [0.25, 0.3) is 0 Å². The molecule has 0 saturated heterocycles. The van der Waals surface area contributed by atoms with Gasteiger partial charge in [0.1, 0.15) is 46.5 Å². The summed E-state index contributed by atoms with van der Waals surface area (Å²) in [5.41, 5.74) is 6.56. The maximum atomic E-state index is 16.0. The average Bonchev–Trinajstić information content (AvgIpc) is 0.721. The van der Waals surface area contributed by atoms with Crippen molar-refractivity contribution in [2.24, 2.45) is 0 Å². The maximum Gasteiger partial charge on any atom is 0.150 e. The number of benzene rings is 20. The zero-order valence-electron chi connectivity index (χ0n) is 57.1. The normalized spacial score (nSPS) is 11.7. The van der Waals surface area contributed by atoms with Gasteiger partial charge < -0.3 is 19.6 Å². The highest BCUT2D eigenvalue weighted by molar-refractivity contribution is 6.30. The summed E-state index contributed by atoms with van der Waals surface area (Å²) >= 11 is 0. The fourth-order valence-electron chi connectivity index (χ4n) is 16.0. The van der Waals surface area contributed by atoms with Crippen LogP contribution in [0.5, 0.6) is 0 Å². The Kier molecular flexibility index (Phi) is 15.7. The van der Waals surface area contributed by atoms with E-state index in [4.69, 9.17) is 0 Å². The Morgan fingerprint density at radius 1 is 0.148 bits per heavy atom. The van der Waals surface area contributed by atoms with Crippen molar-refractivity contribution in [3.05, 3.63) is 386 Å². The van der Waals surface area contributed by atoms with Crippen molar-refractivity contribution in [1.82, 2.24) is 0 Å². The highest BCUT2D eigenvalue weighted by Gasteiger charge is 2.29. The molecule has 0 heterocycles. The van der Waals surface area contributed by atoms with E-state index in [1.54, 1.807) is 0 Å². The van der Waals surface area contributed by atoms with Gasteiger partial charge >= 0.3 is 0 Å². The summed E-state index contributed by atoms with van der Waals surface area (Å²) in [5, 5.41) is 18.8. The predicted molar refractivity (Wildman–Crippen MR) is 429 cm³/mol. The number of fused-ring (bicyclic) bond motifs is 4. The van der Waals surface area contributed by atoms with Crippen LogP contribution < -0.4 is 19.6 Å². The third-order valence-corrected chi connectivity index (χ3v) is 20.8. The Bertz CT molecular complexity index is 6580. The molecule has 0 aromatic heterocycles. The van der Waals surface area contributed by atoms with Gasteiger partial charge in [-0.05, 0) is 185 Å². The third-order valence-electron chi connectivity index (χ3n) is 20.8. The third kappa shape index (κ3) is 11.0. The van der Waals surface area contributed by atoms with Gasteiger partial charge in [-0.1, -0.05) is 206 Å². The SMILES string of the molecule is Fc1ccc(N(c2ccc3ccccc3c2)c2ccc3ccc4c(N(c5ccc6ccccc6c5)c5ccc(F)cc5F)ccc5ccc2c3c54)c(F)c1.Fc1ccc(N(c2cccc3ccccc23)c2ccc3ccc4c(N(c5ccc(F)cc5F)c5cccc6ccccc56)ccc5ccc2c3c54)c(F)c1. The molecule has 0 radical (unpaired) electrons. The monoisotopic (exact) mass is 1420 g/mol. The van der Waals surface area contributed by atoms with E-state index in [9.17, 15) is 17.6 Å². The van der Waals surface area contributed by atoms with E-state index >= 15 is 17.6 Å². The van der Waals surface area contributed by atoms with E-state index in [0.29, 0.717) is 34.1 Å². The minimum absolute atomic E-state index is 0.205. The fraction of sp³-hybridized carbons (Fsp3) is 0. The molecule has 20 aromatic carbocycles. The van der Waals surface area contributed by atoms with Gasteiger partial charge in [0.2, 0.25) is 0 Å². The van der Waals surface area contributed by atoms with Gasteiger partial charge in [-0.25, -0.2) is 35.1 Å². The topological polar surface area (TPSA) is 13.0 Å². The number of hydrogen-bond donors (Lipinski definition) is 0. The van der Waals surface area contributed by atoms with Crippen LogP contribution in [0.3, 0.4) is 0 Å². The molecular weight excluding hydrogens is 1360 g/mol. The first-order valence-electron chi connectivity index (χ1n) is 35.2. The molecule has 0 fully saturated rings. The van der Waals surface area contributed by atoms with Crippen molar-refractivity contribution in [3.8, 4) is 0 Å². The first kappa shape index (κ1) is 65.0. The summed E-state index contributed by atoms with van der Waals surface area (Å²) in [6.45, 7) is 0. The van der Waals surface area contributed by atoms with Crippen molar-refractivity contribution < 1.29 is 35.1 Å². The number of anilines is 12. The molecule has 0 saturated carbocycles. The van der Waals surface area contributed by atoms with Gasteiger partial charge in [-0.3, -0.25) is 0 Å². The molecule has 4 nitrogen and oxygen atoms in total. The standard InChI is InChI=1S/2C48H28F4N2/c49-33-19-25-45(39(51)27-33)53(41-13-5-9-29-7-1-3-11-35(29)41)43-23-17-31-16-22-38-44(24-18-32-15-21-37(43)47(31)48(32)38)54(46-26-20-34(50)28-40(46)52)42-14-6-10-30-8-2-4-12-36(30)42;49-35-15-23-45(41(51)27-35)53(37-17-9-29-5-1-3-7-33(29)25-37)43-21-13-31-12-20-40-44(22-14-32-11-19-39(43)47(31)48(32)40)54(46-24-16-36(50)28-42(46)52)38-18-10-30-6-2-4-8-34(30)26-38/h2*1-28H. The first-order chi connectivity index (χ1) is 52.8. The largest absolute Gasteiger partial charge is 0.307 e. The van der Waals surface area contributed by atoms with Crippen LogP contribution in [0.15, 0.2) is 340 Å². The molecule has 0 spiro atoms. The molecule has 0 unspecified atom stereocenters. The molecule has 0 aliphatic carbocycles. The van der Waals surface area contributed by atoms with Gasteiger partial charge in [0, 0.05) is 68.0 Å². The highest BCUT2D eigenvalue weighted by Crippen LogP contribution is 2.53. The van der Waals surface area contributed by atoms with Gasteiger partial charge in [0.05, 0.1) is 56.9 Å². The molecule has 0 aliphatic rings. The van der Waals surface area contributed by atoms with Gasteiger partial charge in [-0.2, -0.15) is 0 Å². The maximum absolute atomic E-state index is 16.0. The van der Waals surface area contributed by atoms with Crippen LogP contribution in [0, 0.1) is 46.5 Å². The average molecular weight is 1420 g/mol. The zero-order valence-corrected chi connectivity index (χ0v) is 57.1. The molecule has 20 rings (SSSR count). The molecule has 0 amide bonds. The summed E-state index contributed by atoms with van der Waals surface area (Å²) in [5.74, 6) is -5.41. The summed E-state index contributed by atoms with van der Waals surface area (Å²) in [4.78, 5) is 7.40. The van der Waals surface area contributed by atoms with Crippen LogP contribution in [0.1, 0.15) is 0 Å². The molecule has 108 heavy (non-hydrogen) atoms. The Hall–Kier alpha value is -13.8. The van der Waals surface area contributed by atoms with E-state index in [-0.39, 0.29) is 22.7 Å². The Morgan fingerprint density at radius 2 is 0.389 bits per heavy atom. The highest BCUT2D eigenvalue weighted by atomic mass is 19.2. The zero-order chi connectivity index (χ0) is 73.0. The molecule has 0 N–H and O–H groups in total. The lowest BCUT2D eigenvalue weighted by Gasteiger charge is -2.30. The smallest absolute Gasteiger partial charge is 0.150 e. The lowest BCUT2D eigenvalue weighted by molar-refractivity contribution is 0.583. The molecule has 0 bridgehead atoms. The van der Waals surface area contributed by atoms with E-state index in [0.717, 1.165) is 143 Å². The van der Waals surface area contributed by atoms with Crippen LogP contribution in [-0.2, 0) is 0 Å². The molecule has 0 aliphatic heterocycles. The minimum Gasteiger partial charge on any atom is -0.307 e. The van der Waals surface area contributed by atoms with Crippen molar-refractivity contribution >= 4 is 176 Å². The predicted octanol–water partition coefficient (Wildman–Crippen LogP) is 28.8. The number of rotatable bonds is 12. The van der Waals surface area contributed by atoms with Crippen LogP contribution in [0.25, 0.3) is 108 Å². The fourth-order valence-corrected chi connectivity index (χ4v) is 16.0. The number of nitrogens with zero attached hydrogens (tertiary/aromatic N) is 4. The van der Waals surface area contributed by atoms with Crippen LogP contribution in [0.4, 0.5) is 103 Å². The summed E-state index contributed by atoms with van der Waals surface area (Å²) in [6.07, 6.45) is 0. The Labute approximate surface area is 613 Å². The Balaban J connectivity index is 0.000000147. The van der Waals surface area contributed by atoms with Gasteiger partial charge in [-0.15, -0.1) is 0 Å².